The standard InChI is InChI=1S/C31H42FN3O5/c1-33-24-14-13-22(18-24)29(36)35-17-6-9-23(20-35)31(38,15-7-16-34-30(37)40-3)26-11-5-12-27(32)28(26)21-8-4-10-25(19-21)39-2/h4-5,8,10-12,19,22-24,33,38H,6-7,9,13-18,20H2,1-3H3,(H,34,37)/t22-,23-,24+,31+/m1/s1. The normalized spacial score (nSPS) is 22.4. The van der Waals surface area contributed by atoms with Gasteiger partial charge in [0.2, 0.25) is 5.91 Å². The van der Waals surface area contributed by atoms with E-state index in [0.29, 0.717) is 61.0 Å². The van der Waals surface area contributed by atoms with Gasteiger partial charge in [-0.25, -0.2) is 9.18 Å². The molecule has 0 unspecified atom stereocenters. The Morgan fingerprint density at radius 1 is 1.15 bits per heavy atom. The first-order valence-corrected chi connectivity index (χ1v) is 14.2. The molecular weight excluding hydrogens is 513 g/mol. The van der Waals surface area contributed by atoms with Crippen molar-refractivity contribution in [2.75, 3.05) is 40.9 Å². The maximum atomic E-state index is 15.6. The maximum absolute atomic E-state index is 15.6. The fourth-order valence-electron chi connectivity index (χ4n) is 6.43. The first-order valence-electron chi connectivity index (χ1n) is 14.2. The van der Waals surface area contributed by atoms with Crippen LogP contribution in [0.2, 0.25) is 0 Å². The topological polar surface area (TPSA) is 100 Å². The largest absolute Gasteiger partial charge is 0.497 e. The molecule has 40 heavy (non-hydrogen) atoms. The SMILES string of the molecule is CN[C@H]1CC[C@@H](C(=O)N2CCC[C@@H]([C@@](O)(CCCNC(=O)OC)c3cccc(F)c3-c3cccc(OC)c3)C2)C1. The van der Waals surface area contributed by atoms with E-state index in [-0.39, 0.29) is 24.2 Å². The number of carbonyl (C=O) groups excluding carboxylic acids is 2. The van der Waals surface area contributed by atoms with Gasteiger partial charge in [0.25, 0.3) is 0 Å². The Labute approximate surface area is 236 Å². The van der Waals surface area contributed by atoms with Gasteiger partial charge in [-0.1, -0.05) is 24.3 Å². The number of hydrogen-bond donors (Lipinski definition) is 3. The number of piperidine rings is 1. The summed E-state index contributed by atoms with van der Waals surface area (Å²) in [5.74, 6) is -0.0384. The molecule has 1 aliphatic heterocycles. The number of ether oxygens (including phenoxy) is 2. The van der Waals surface area contributed by atoms with Gasteiger partial charge in [0.1, 0.15) is 11.6 Å². The third-order valence-corrected chi connectivity index (χ3v) is 8.63. The van der Waals surface area contributed by atoms with E-state index in [4.69, 9.17) is 4.74 Å². The highest BCUT2D eigenvalue weighted by Gasteiger charge is 2.44. The van der Waals surface area contributed by atoms with E-state index in [2.05, 4.69) is 15.4 Å². The first-order chi connectivity index (χ1) is 19.3. The van der Waals surface area contributed by atoms with Crippen LogP contribution in [0.1, 0.15) is 50.5 Å². The van der Waals surface area contributed by atoms with Crippen LogP contribution in [0.25, 0.3) is 11.1 Å². The molecule has 1 heterocycles. The predicted octanol–water partition coefficient (Wildman–Crippen LogP) is 4.45. The van der Waals surface area contributed by atoms with Crippen molar-refractivity contribution in [3.8, 4) is 16.9 Å². The van der Waals surface area contributed by atoms with Gasteiger partial charge in [-0.3, -0.25) is 4.79 Å². The minimum absolute atomic E-state index is 0.0185. The monoisotopic (exact) mass is 555 g/mol. The van der Waals surface area contributed by atoms with Gasteiger partial charge in [-0.2, -0.15) is 0 Å². The van der Waals surface area contributed by atoms with Crippen molar-refractivity contribution in [3.63, 3.8) is 0 Å². The molecule has 0 aromatic heterocycles. The van der Waals surface area contributed by atoms with Gasteiger partial charge in [0.05, 0.1) is 19.8 Å². The third kappa shape index (κ3) is 6.58. The van der Waals surface area contributed by atoms with E-state index in [1.165, 1.54) is 13.2 Å². The molecule has 1 saturated carbocycles. The number of hydrogen-bond acceptors (Lipinski definition) is 6. The molecule has 2 amide bonds. The fourth-order valence-corrected chi connectivity index (χ4v) is 6.43. The van der Waals surface area contributed by atoms with Gasteiger partial charge in [0, 0.05) is 43.1 Å². The van der Waals surface area contributed by atoms with Crippen LogP contribution >= 0.6 is 0 Å². The number of aliphatic hydroxyl groups is 1. The molecular formula is C31H42FN3O5. The van der Waals surface area contributed by atoms with Crippen LogP contribution in [-0.2, 0) is 15.1 Å². The summed E-state index contributed by atoms with van der Waals surface area (Å²) in [4.78, 5) is 27.1. The van der Waals surface area contributed by atoms with Crippen molar-refractivity contribution in [2.45, 2.75) is 56.6 Å². The number of methoxy groups -OCH3 is 2. The summed E-state index contributed by atoms with van der Waals surface area (Å²) in [6, 6.07) is 12.3. The summed E-state index contributed by atoms with van der Waals surface area (Å²) < 4.78 is 25.7. The molecule has 4 rings (SSSR count). The molecule has 0 spiro atoms. The number of likely N-dealkylation sites (tertiary alicyclic amines) is 1. The molecule has 2 fully saturated rings. The van der Waals surface area contributed by atoms with Crippen LogP contribution in [0.5, 0.6) is 5.75 Å². The van der Waals surface area contributed by atoms with Crippen molar-refractivity contribution in [1.82, 2.24) is 15.5 Å². The Kier molecular flexibility index (Phi) is 10.0. The highest BCUT2D eigenvalue weighted by molar-refractivity contribution is 5.79. The van der Waals surface area contributed by atoms with Gasteiger partial charge in [-0.05, 0) is 81.3 Å². The highest BCUT2D eigenvalue weighted by atomic mass is 19.1. The van der Waals surface area contributed by atoms with Crippen molar-refractivity contribution >= 4 is 12.0 Å². The number of alkyl carbamates (subject to hydrolysis) is 1. The molecule has 1 aliphatic carbocycles. The van der Waals surface area contributed by atoms with Crippen LogP contribution in [0.15, 0.2) is 42.5 Å². The number of carbonyl (C=O) groups is 2. The zero-order valence-corrected chi connectivity index (χ0v) is 23.7. The number of rotatable bonds is 10. The van der Waals surface area contributed by atoms with Crippen molar-refractivity contribution in [3.05, 3.63) is 53.8 Å². The van der Waals surface area contributed by atoms with Gasteiger partial charge in [0.15, 0.2) is 0 Å². The van der Waals surface area contributed by atoms with E-state index in [0.717, 1.165) is 25.7 Å². The van der Waals surface area contributed by atoms with Crippen LogP contribution in [0.4, 0.5) is 9.18 Å². The number of nitrogens with one attached hydrogen (secondary N) is 2. The second-order valence-electron chi connectivity index (χ2n) is 11.0. The van der Waals surface area contributed by atoms with Crippen LogP contribution in [0, 0.1) is 17.7 Å². The summed E-state index contributed by atoms with van der Waals surface area (Å²) in [6.07, 6.45) is 4.29. The van der Waals surface area contributed by atoms with E-state index in [1.807, 2.05) is 11.9 Å². The van der Waals surface area contributed by atoms with Crippen LogP contribution in [0.3, 0.4) is 0 Å². The summed E-state index contributed by atoms with van der Waals surface area (Å²) in [5, 5.41) is 18.5. The van der Waals surface area contributed by atoms with Crippen LogP contribution in [-0.4, -0.2) is 69.0 Å². The molecule has 218 valence electrons. The molecule has 0 bridgehead atoms. The number of nitrogens with zero attached hydrogens (tertiary/aromatic N) is 1. The van der Waals surface area contributed by atoms with E-state index in [9.17, 15) is 14.7 Å². The van der Waals surface area contributed by atoms with Crippen molar-refractivity contribution in [2.24, 2.45) is 11.8 Å². The zero-order chi connectivity index (χ0) is 28.7. The van der Waals surface area contributed by atoms with Gasteiger partial charge >= 0.3 is 6.09 Å². The summed E-state index contributed by atoms with van der Waals surface area (Å²) in [5.41, 5.74) is -0.0398. The lowest BCUT2D eigenvalue weighted by molar-refractivity contribution is -0.140. The van der Waals surface area contributed by atoms with E-state index >= 15 is 4.39 Å². The number of halogens is 1. The summed E-state index contributed by atoms with van der Waals surface area (Å²) >= 11 is 0. The zero-order valence-electron chi connectivity index (χ0n) is 23.7. The number of benzene rings is 2. The maximum Gasteiger partial charge on any atom is 0.406 e. The quantitative estimate of drug-likeness (QED) is 0.375. The molecule has 2 aromatic rings. The fraction of sp³-hybridized carbons (Fsp3) is 0.548. The average Bonchev–Trinajstić information content (AvgIpc) is 3.48. The van der Waals surface area contributed by atoms with Crippen LogP contribution < -0.4 is 15.4 Å². The van der Waals surface area contributed by atoms with Crippen molar-refractivity contribution < 1.29 is 28.6 Å². The lowest BCUT2D eigenvalue weighted by Gasteiger charge is -2.44. The number of amides is 2. The van der Waals surface area contributed by atoms with Gasteiger partial charge in [-0.15, -0.1) is 0 Å². The smallest absolute Gasteiger partial charge is 0.406 e. The van der Waals surface area contributed by atoms with E-state index in [1.54, 1.807) is 43.5 Å². The first kappa shape index (κ1) is 29.8. The summed E-state index contributed by atoms with van der Waals surface area (Å²) in [6.45, 7) is 1.35. The Morgan fingerprint density at radius 2 is 1.95 bits per heavy atom. The molecule has 9 heteroatoms. The Bertz CT molecular complexity index is 1180. The van der Waals surface area contributed by atoms with Crippen molar-refractivity contribution in [1.29, 1.82) is 0 Å². The predicted molar refractivity (Wildman–Crippen MR) is 151 cm³/mol. The molecule has 1 saturated heterocycles. The molecule has 2 aliphatic rings. The molecule has 4 atom stereocenters. The van der Waals surface area contributed by atoms with Gasteiger partial charge < -0.3 is 30.1 Å². The molecule has 2 aromatic carbocycles. The second-order valence-corrected chi connectivity index (χ2v) is 11.0. The molecule has 3 N–H and O–H groups in total. The Balaban J connectivity index is 1.67. The lowest BCUT2D eigenvalue weighted by atomic mass is 9.72. The second kappa shape index (κ2) is 13.5. The lowest BCUT2D eigenvalue weighted by Crippen LogP contribution is -2.50. The molecule has 8 nitrogen and oxygen atoms in total. The summed E-state index contributed by atoms with van der Waals surface area (Å²) in [7, 11) is 4.79. The van der Waals surface area contributed by atoms with E-state index < -0.39 is 17.5 Å². The minimum Gasteiger partial charge on any atom is -0.497 e. The highest BCUT2D eigenvalue weighted by Crippen LogP contribution is 2.45. The Morgan fingerprint density at radius 3 is 2.67 bits per heavy atom. The Hall–Kier alpha value is -3.17. The molecule has 0 radical (unpaired) electrons. The third-order valence-electron chi connectivity index (χ3n) is 8.63. The average molecular weight is 556 g/mol. The minimum atomic E-state index is -1.44.